The number of nitrogens with zero attached hydrogens (tertiary/aromatic N) is 1. The second-order valence-electron chi connectivity index (χ2n) is 7.51. The SMILES string of the molecule is CC(CN)c1ccc(CN(C)CC2CC3CCC2C3)cc1. The molecule has 2 heteroatoms. The van der Waals surface area contributed by atoms with Crippen molar-refractivity contribution in [3.63, 3.8) is 0 Å². The first-order valence-corrected chi connectivity index (χ1v) is 8.63. The Labute approximate surface area is 129 Å². The molecule has 2 aliphatic carbocycles. The van der Waals surface area contributed by atoms with Crippen molar-refractivity contribution in [2.45, 2.75) is 45.1 Å². The summed E-state index contributed by atoms with van der Waals surface area (Å²) in [5.74, 6) is 3.52. The number of nitrogens with two attached hydrogens (primary N) is 1. The van der Waals surface area contributed by atoms with E-state index in [2.05, 4.69) is 43.1 Å². The van der Waals surface area contributed by atoms with Gasteiger partial charge in [-0.1, -0.05) is 37.6 Å². The van der Waals surface area contributed by atoms with Crippen molar-refractivity contribution in [1.29, 1.82) is 0 Å². The monoisotopic (exact) mass is 286 g/mol. The molecule has 2 bridgehead atoms. The highest BCUT2D eigenvalue weighted by Gasteiger charge is 2.39. The Kier molecular flexibility index (Phi) is 4.66. The van der Waals surface area contributed by atoms with Gasteiger partial charge in [0.15, 0.2) is 0 Å². The van der Waals surface area contributed by atoms with E-state index in [1.165, 1.54) is 43.4 Å². The van der Waals surface area contributed by atoms with Crippen LogP contribution in [0, 0.1) is 17.8 Å². The van der Waals surface area contributed by atoms with Crippen LogP contribution in [0.25, 0.3) is 0 Å². The summed E-state index contributed by atoms with van der Waals surface area (Å²) in [4.78, 5) is 2.52. The van der Waals surface area contributed by atoms with Crippen LogP contribution in [-0.4, -0.2) is 25.0 Å². The molecule has 0 radical (unpaired) electrons. The average molecular weight is 286 g/mol. The first-order valence-electron chi connectivity index (χ1n) is 8.63. The van der Waals surface area contributed by atoms with Gasteiger partial charge in [0.1, 0.15) is 0 Å². The van der Waals surface area contributed by atoms with Crippen LogP contribution in [0.3, 0.4) is 0 Å². The fraction of sp³-hybridized carbons (Fsp3) is 0.684. The van der Waals surface area contributed by atoms with Crippen molar-refractivity contribution < 1.29 is 0 Å². The van der Waals surface area contributed by atoms with Gasteiger partial charge >= 0.3 is 0 Å². The van der Waals surface area contributed by atoms with E-state index in [0.717, 1.165) is 30.8 Å². The van der Waals surface area contributed by atoms with Crippen LogP contribution < -0.4 is 5.73 Å². The smallest absolute Gasteiger partial charge is 0.0230 e. The van der Waals surface area contributed by atoms with Crippen LogP contribution >= 0.6 is 0 Å². The van der Waals surface area contributed by atoms with Gasteiger partial charge in [-0.15, -0.1) is 0 Å². The molecular weight excluding hydrogens is 256 g/mol. The third-order valence-electron chi connectivity index (χ3n) is 5.79. The molecule has 2 nitrogen and oxygen atoms in total. The lowest BCUT2D eigenvalue weighted by molar-refractivity contribution is 0.214. The molecule has 116 valence electrons. The number of benzene rings is 1. The van der Waals surface area contributed by atoms with Gasteiger partial charge in [-0.05, 0) is 67.7 Å². The van der Waals surface area contributed by atoms with Gasteiger partial charge in [0.2, 0.25) is 0 Å². The molecule has 2 fully saturated rings. The van der Waals surface area contributed by atoms with Crippen molar-refractivity contribution in [3.8, 4) is 0 Å². The largest absolute Gasteiger partial charge is 0.330 e. The summed E-state index contributed by atoms with van der Waals surface area (Å²) >= 11 is 0. The van der Waals surface area contributed by atoms with Gasteiger partial charge < -0.3 is 10.6 Å². The van der Waals surface area contributed by atoms with E-state index in [9.17, 15) is 0 Å². The molecule has 4 atom stereocenters. The predicted molar refractivity (Wildman–Crippen MR) is 89.2 cm³/mol. The number of hydrogen-bond acceptors (Lipinski definition) is 2. The van der Waals surface area contributed by atoms with Crippen molar-refractivity contribution in [2.24, 2.45) is 23.5 Å². The predicted octanol–water partition coefficient (Wildman–Crippen LogP) is 3.62. The summed E-state index contributed by atoms with van der Waals surface area (Å²) in [6, 6.07) is 9.05. The molecule has 0 spiro atoms. The second kappa shape index (κ2) is 6.50. The molecule has 2 N–H and O–H groups in total. The molecule has 2 saturated carbocycles. The minimum atomic E-state index is 0.464. The van der Waals surface area contributed by atoms with Crippen LogP contribution in [0.5, 0.6) is 0 Å². The molecule has 3 rings (SSSR count). The zero-order valence-electron chi connectivity index (χ0n) is 13.6. The van der Waals surface area contributed by atoms with E-state index in [-0.39, 0.29) is 0 Å². The Morgan fingerprint density at radius 2 is 1.95 bits per heavy atom. The van der Waals surface area contributed by atoms with Gasteiger partial charge in [0.05, 0.1) is 0 Å². The number of fused-ring (bicyclic) bond motifs is 2. The highest BCUT2D eigenvalue weighted by molar-refractivity contribution is 5.25. The van der Waals surface area contributed by atoms with Gasteiger partial charge in [-0.3, -0.25) is 0 Å². The zero-order valence-corrected chi connectivity index (χ0v) is 13.6. The van der Waals surface area contributed by atoms with E-state index >= 15 is 0 Å². The second-order valence-corrected chi connectivity index (χ2v) is 7.51. The van der Waals surface area contributed by atoms with Crippen LogP contribution in [0.1, 0.15) is 49.7 Å². The third kappa shape index (κ3) is 3.49. The summed E-state index contributed by atoms with van der Waals surface area (Å²) in [6.45, 7) is 5.27. The average Bonchev–Trinajstić information content (AvgIpc) is 3.09. The molecule has 1 aromatic carbocycles. The standard InChI is InChI=1S/C19H30N2/c1-14(11-20)17-6-3-15(4-7-17)12-21(2)13-19-10-16-5-8-18(19)9-16/h3-4,6-7,14,16,18-19H,5,8-13,20H2,1-2H3. The zero-order chi connectivity index (χ0) is 14.8. The Morgan fingerprint density at radius 3 is 2.52 bits per heavy atom. The first kappa shape index (κ1) is 15.1. The van der Waals surface area contributed by atoms with Crippen molar-refractivity contribution in [2.75, 3.05) is 20.1 Å². The van der Waals surface area contributed by atoms with Crippen LogP contribution in [-0.2, 0) is 6.54 Å². The minimum Gasteiger partial charge on any atom is -0.330 e. The topological polar surface area (TPSA) is 29.3 Å². The van der Waals surface area contributed by atoms with Crippen LogP contribution in [0.15, 0.2) is 24.3 Å². The maximum Gasteiger partial charge on any atom is 0.0230 e. The van der Waals surface area contributed by atoms with E-state index in [4.69, 9.17) is 5.73 Å². The molecule has 4 unspecified atom stereocenters. The molecule has 21 heavy (non-hydrogen) atoms. The van der Waals surface area contributed by atoms with E-state index in [1.807, 2.05) is 0 Å². The van der Waals surface area contributed by atoms with Gasteiger partial charge in [0.25, 0.3) is 0 Å². The maximum atomic E-state index is 5.74. The third-order valence-corrected chi connectivity index (χ3v) is 5.79. The van der Waals surface area contributed by atoms with Crippen LogP contribution in [0.2, 0.25) is 0 Å². The molecule has 0 aromatic heterocycles. The maximum absolute atomic E-state index is 5.74. The summed E-state index contributed by atoms with van der Waals surface area (Å²) in [5.41, 5.74) is 8.52. The lowest BCUT2D eigenvalue weighted by Crippen LogP contribution is -2.28. The molecular formula is C19H30N2. The number of rotatable bonds is 6. The molecule has 0 heterocycles. The molecule has 0 aliphatic heterocycles. The highest BCUT2D eigenvalue weighted by atomic mass is 15.1. The first-order chi connectivity index (χ1) is 10.2. The summed E-state index contributed by atoms with van der Waals surface area (Å²) in [7, 11) is 2.28. The lowest BCUT2D eigenvalue weighted by atomic mass is 9.88. The number of hydrogen-bond donors (Lipinski definition) is 1. The minimum absolute atomic E-state index is 0.464. The fourth-order valence-corrected chi connectivity index (χ4v) is 4.46. The quantitative estimate of drug-likeness (QED) is 0.865. The van der Waals surface area contributed by atoms with E-state index < -0.39 is 0 Å². The Bertz CT molecular complexity index is 453. The molecule has 0 amide bonds. The van der Waals surface area contributed by atoms with Gasteiger partial charge in [0, 0.05) is 13.1 Å². The van der Waals surface area contributed by atoms with Crippen molar-refractivity contribution in [1.82, 2.24) is 4.90 Å². The fourth-order valence-electron chi connectivity index (χ4n) is 4.46. The molecule has 1 aromatic rings. The lowest BCUT2D eigenvalue weighted by Gasteiger charge is -2.27. The Morgan fingerprint density at radius 1 is 1.19 bits per heavy atom. The van der Waals surface area contributed by atoms with Gasteiger partial charge in [-0.2, -0.15) is 0 Å². The van der Waals surface area contributed by atoms with Gasteiger partial charge in [-0.25, -0.2) is 0 Å². The molecule has 0 saturated heterocycles. The Hall–Kier alpha value is -0.860. The summed E-state index contributed by atoms with van der Waals surface area (Å²) in [5, 5.41) is 0. The Balaban J connectivity index is 1.51. The van der Waals surface area contributed by atoms with E-state index in [0.29, 0.717) is 5.92 Å². The van der Waals surface area contributed by atoms with Crippen LogP contribution in [0.4, 0.5) is 0 Å². The normalized spacial score (nSPS) is 29.2. The van der Waals surface area contributed by atoms with E-state index in [1.54, 1.807) is 0 Å². The highest BCUT2D eigenvalue weighted by Crippen LogP contribution is 2.48. The summed E-state index contributed by atoms with van der Waals surface area (Å²) in [6.07, 6.45) is 6.01. The van der Waals surface area contributed by atoms with Crippen molar-refractivity contribution in [3.05, 3.63) is 35.4 Å². The molecule has 2 aliphatic rings. The van der Waals surface area contributed by atoms with Crippen molar-refractivity contribution >= 4 is 0 Å². The summed E-state index contributed by atoms with van der Waals surface area (Å²) < 4.78 is 0.